The molecule has 2 aromatic heterocycles. The molecular weight excluding hydrogens is 305 g/mol. The van der Waals surface area contributed by atoms with Crippen LogP contribution in [0.1, 0.15) is 51.8 Å². The number of unbranched alkanes of at least 4 members (excludes halogenated alkanes) is 3. The number of hydrogen-bond donors (Lipinski definition) is 0. The van der Waals surface area contributed by atoms with Gasteiger partial charge in [0.2, 0.25) is 0 Å². The highest BCUT2D eigenvalue weighted by molar-refractivity contribution is 6.31. The summed E-state index contributed by atoms with van der Waals surface area (Å²) < 4.78 is 2.13. The van der Waals surface area contributed by atoms with Gasteiger partial charge in [-0.2, -0.15) is 0 Å². The predicted octanol–water partition coefficient (Wildman–Crippen LogP) is 5.43. The number of imidazole rings is 1. The van der Waals surface area contributed by atoms with Crippen LogP contribution in [0.3, 0.4) is 0 Å². The highest BCUT2D eigenvalue weighted by Gasteiger charge is 2.11. The fourth-order valence-electron chi connectivity index (χ4n) is 2.55. The maximum absolute atomic E-state index is 6.00. The van der Waals surface area contributed by atoms with Crippen LogP contribution in [0.4, 0.5) is 0 Å². The lowest BCUT2D eigenvalue weighted by Gasteiger charge is -2.08. The molecule has 0 aromatic carbocycles. The standard InChI is InChI=1S/C16H23Cl2N3/c1-12(2)7-5-3-4-6-8-21-15(10-17)20-14-9-13(18)11-19-16(14)21/h9,11-12H,3-8,10H2,1-2H3. The lowest BCUT2D eigenvalue weighted by Crippen LogP contribution is -2.03. The Morgan fingerprint density at radius 2 is 1.95 bits per heavy atom. The molecule has 21 heavy (non-hydrogen) atoms. The van der Waals surface area contributed by atoms with Crippen LogP contribution in [0.25, 0.3) is 11.2 Å². The minimum Gasteiger partial charge on any atom is -0.312 e. The molecule has 0 fully saturated rings. The Morgan fingerprint density at radius 3 is 2.67 bits per heavy atom. The molecule has 0 amide bonds. The molecule has 0 N–H and O–H groups in total. The van der Waals surface area contributed by atoms with Crippen LogP contribution in [0.2, 0.25) is 5.02 Å². The summed E-state index contributed by atoms with van der Waals surface area (Å²) in [6, 6.07) is 1.85. The number of aromatic nitrogens is 3. The van der Waals surface area contributed by atoms with E-state index in [1.54, 1.807) is 6.20 Å². The summed E-state index contributed by atoms with van der Waals surface area (Å²) in [4.78, 5) is 8.91. The molecule has 0 spiro atoms. The molecule has 3 nitrogen and oxygen atoms in total. The Balaban J connectivity index is 1.94. The number of nitrogens with zero attached hydrogens (tertiary/aromatic N) is 3. The van der Waals surface area contributed by atoms with Crippen molar-refractivity contribution >= 4 is 34.4 Å². The Kier molecular flexibility index (Phi) is 6.31. The zero-order valence-corrected chi connectivity index (χ0v) is 14.3. The normalized spacial score (nSPS) is 11.7. The number of hydrogen-bond acceptors (Lipinski definition) is 2. The van der Waals surface area contributed by atoms with Gasteiger partial charge in [-0.1, -0.05) is 51.1 Å². The Labute approximate surface area is 136 Å². The van der Waals surface area contributed by atoms with Gasteiger partial charge in [-0.05, 0) is 18.4 Å². The number of pyridine rings is 1. The van der Waals surface area contributed by atoms with E-state index in [2.05, 4.69) is 28.4 Å². The van der Waals surface area contributed by atoms with Gasteiger partial charge in [0.25, 0.3) is 0 Å². The van der Waals surface area contributed by atoms with Crippen LogP contribution in [0.15, 0.2) is 12.3 Å². The van der Waals surface area contributed by atoms with Gasteiger partial charge >= 0.3 is 0 Å². The SMILES string of the molecule is CC(C)CCCCCCn1c(CCl)nc2cc(Cl)cnc21. The van der Waals surface area contributed by atoms with Gasteiger partial charge in [0.15, 0.2) is 5.65 Å². The largest absolute Gasteiger partial charge is 0.312 e. The minimum absolute atomic E-state index is 0.404. The molecule has 0 saturated carbocycles. The molecular formula is C16H23Cl2N3. The van der Waals surface area contributed by atoms with Crippen molar-refractivity contribution in [2.75, 3.05) is 0 Å². The Bertz CT molecular complexity index is 578. The minimum atomic E-state index is 0.404. The Hall–Kier alpha value is -0.800. The first-order valence-electron chi connectivity index (χ1n) is 7.68. The number of halogens is 2. The van der Waals surface area contributed by atoms with Crippen LogP contribution in [-0.2, 0) is 12.4 Å². The Morgan fingerprint density at radius 1 is 1.19 bits per heavy atom. The molecule has 0 unspecified atom stereocenters. The van der Waals surface area contributed by atoms with Gasteiger partial charge in [-0.3, -0.25) is 0 Å². The second kappa shape index (κ2) is 8.00. The predicted molar refractivity (Wildman–Crippen MR) is 90.0 cm³/mol. The molecule has 0 radical (unpaired) electrons. The van der Waals surface area contributed by atoms with E-state index >= 15 is 0 Å². The summed E-state index contributed by atoms with van der Waals surface area (Å²) in [6.07, 6.45) is 7.97. The number of aryl methyl sites for hydroxylation is 1. The van der Waals surface area contributed by atoms with Crippen molar-refractivity contribution in [1.82, 2.24) is 14.5 Å². The molecule has 2 aromatic rings. The first-order chi connectivity index (χ1) is 10.1. The van der Waals surface area contributed by atoms with Crippen LogP contribution in [0, 0.1) is 5.92 Å². The molecule has 0 aliphatic rings. The van der Waals surface area contributed by atoms with E-state index < -0.39 is 0 Å². The first kappa shape index (κ1) is 16.6. The summed E-state index contributed by atoms with van der Waals surface area (Å²) in [7, 11) is 0. The molecule has 116 valence electrons. The van der Waals surface area contributed by atoms with Crippen LogP contribution >= 0.6 is 23.2 Å². The van der Waals surface area contributed by atoms with E-state index in [0.29, 0.717) is 10.9 Å². The molecule has 0 atom stereocenters. The molecule has 2 rings (SSSR count). The van der Waals surface area contributed by atoms with Gasteiger partial charge < -0.3 is 4.57 Å². The van der Waals surface area contributed by atoms with Gasteiger partial charge in [0.05, 0.1) is 10.9 Å². The topological polar surface area (TPSA) is 30.7 Å². The van der Waals surface area contributed by atoms with Gasteiger partial charge in [-0.15, -0.1) is 11.6 Å². The van der Waals surface area contributed by atoms with E-state index in [1.807, 2.05) is 6.07 Å². The van der Waals surface area contributed by atoms with Crippen molar-refractivity contribution < 1.29 is 0 Å². The van der Waals surface area contributed by atoms with Crippen LogP contribution in [0.5, 0.6) is 0 Å². The quantitative estimate of drug-likeness (QED) is 0.478. The summed E-state index contributed by atoms with van der Waals surface area (Å²) in [5.41, 5.74) is 1.72. The maximum atomic E-state index is 6.00. The lowest BCUT2D eigenvalue weighted by molar-refractivity contribution is 0.505. The molecule has 5 heteroatoms. The van der Waals surface area contributed by atoms with Crippen molar-refractivity contribution in [2.45, 2.75) is 58.4 Å². The van der Waals surface area contributed by atoms with E-state index in [1.165, 1.54) is 25.7 Å². The van der Waals surface area contributed by atoms with Gasteiger partial charge in [-0.25, -0.2) is 9.97 Å². The molecule has 0 aliphatic carbocycles. The van der Waals surface area contributed by atoms with Crippen molar-refractivity contribution in [2.24, 2.45) is 5.92 Å². The fraction of sp³-hybridized carbons (Fsp3) is 0.625. The maximum Gasteiger partial charge on any atom is 0.160 e. The van der Waals surface area contributed by atoms with Gasteiger partial charge in [0, 0.05) is 12.7 Å². The number of fused-ring (bicyclic) bond motifs is 1. The number of alkyl halides is 1. The van der Waals surface area contributed by atoms with E-state index in [9.17, 15) is 0 Å². The number of rotatable bonds is 8. The molecule has 2 heterocycles. The fourth-order valence-corrected chi connectivity index (χ4v) is 2.90. The van der Waals surface area contributed by atoms with Crippen molar-refractivity contribution in [3.63, 3.8) is 0 Å². The molecule has 0 aliphatic heterocycles. The summed E-state index contributed by atoms with van der Waals surface area (Å²) in [5, 5.41) is 0.613. The molecule has 0 saturated heterocycles. The summed E-state index contributed by atoms with van der Waals surface area (Å²) in [5.74, 6) is 2.09. The highest BCUT2D eigenvalue weighted by atomic mass is 35.5. The van der Waals surface area contributed by atoms with E-state index in [4.69, 9.17) is 23.2 Å². The second-order valence-corrected chi connectivity index (χ2v) is 6.61. The second-order valence-electron chi connectivity index (χ2n) is 5.91. The third kappa shape index (κ3) is 4.58. The third-order valence-corrected chi connectivity index (χ3v) is 4.11. The van der Waals surface area contributed by atoms with E-state index in [-0.39, 0.29) is 0 Å². The highest BCUT2D eigenvalue weighted by Crippen LogP contribution is 2.20. The average Bonchev–Trinajstić information content (AvgIpc) is 2.79. The van der Waals surface area contributed by atoms with Crippen molar-refractivity contribution in [3.8, 4) is 0 Å². The van der Waals surface area contributed by atoms with Crippen LogP contribution in [-0.4, -0.2) is 14.5 Å². The van der Waals surface area contributed by atoms with E-state index in [0.717, 1.165) is 35.9 Å². The molecule has 0 bridgehead atoms. The summed E-state index contributed by atoms with van der Waals surface area (Å²) in [6.45, 7) is 5.48. The third-order valence-electron chi connectivity index (χ3n) is 3.66. The van der Waals surface area contributed by atoms with Crippen LogP contribution < -0.4 is 0 Å². The lowest BCUT2D eigenvalue weighted by atomic mass is 10.0. The zero-order chi connectivity index (χ0) is 15.2. The first-order valence-corrected chi connectivity index (χ1v) is 8.59. The smallest absolute Gasteiger partial charge is 0.160 e. The van der Waals surface area contributed by atoms with Crippen molar-refractivity contribution in [3.05, 3.63) is 23.1 Å². The average molecular weight is 328 g/mol. The van der Waals surface area contributed by atoms with Crippen molar-refractivity contribution in [1.29, 1.82) is 0 Å². The zero-order valence-electron chi connectivity index (χ0n) is 12.8. The van der Waals surface area contributed by atoms with Gasteiger partial charge in [0.1, 0.15) is 11.3 Å². The monoisotopic (exact) mass is 327 g/mol. The summed E-state index contributed by atoms with van der Waals surface area (Å²) >= 11 is 12.0.